The van der Waals surface area contributed by atoms with Crippen molar-refractivity contribution in [3.05, 3.63) is 60.2 Å². The van der Waals surface area contributed by atoms with E-state index in [1.807, 2.05) is 6.07 Å². The minimum atomic E-state index is -0.0526. The summed E-state index contributed by atoms with van der Waals surface area (Å²) >= 11 is 0. The normalized spacial score (nSPS) is 12.1. The molecule has 2 rings (SSSR count). The Bertz CT molecular complexity index is 667. The third kappa shape index (κ3) is 12.9. The molecule has 32 heavy (non-hydrogen) atoms. The van der Waals surface area contributed by atoms with Gasteiger partial charge in [-0.1, -0.05) is 114 Å². The van der Waals surface area contributed by atoms with Crippen LogP contribution < -0.4 is 5.32 Å². The molecule has 0 spiro atoms. The molecule has 0 saturated heterocycles. The molecule has 0 amide bonds. The molecule has 0 radical (unpaired) electrons. The number of aliphatic hydroxyl groups excluding tert-OH is 1. The molecule has 1 atom stereocenters. The summed E-state index contributed by atoms with van der Waals surface area (Å²) in [5, 5.41) is 13.5. The van der Waals surface area contributed by atoms with Crippen LogP contribution in [0.3, 0.4) is 0 Å². The summed E-state index contributed by atoms with van der Waals surface area (Å²) in [4.78, 5) is 0. The van der Waals surface area contributed by atoms with Gasteiger partial charge in [0.25, 0.3) is 0 Å². The highest BCUT2D eigenvalue weighted by Crippen LogP contribution is 2.18. The molecule has 0 aliphatic rings. The van der Waals surface area contributed by atoms with Crippen LogP contribution in [-0.2, 0) is 6.42 Å². The maximum atomic E-state index is 10.0. The highest BCUT2D eigenvalue weighted by molar-refractivity contribution is 5.59. The third-order valence-electron chi connectivity index (χ3n) is 6.41. The van der Waals surface area contributed by atoms with Crippen LogP contribution >= 0.6 is 0 Å². The van der Waals surface area contributed by atoms with E-state index in [9.17, 15) is 5.11 Å². The topological polar surface area (TPSA) is 32.3 Å². The van der Waals surface area contributed by atoms with E-state index >= 15 is 0 Å². The number of para-hydroxylation sites is 1. The van der Waals surface area contributed by atoms with E-state index in [0.717, 1.165) is 24.2 Å². The zero-order valence-electron chi connectivity index (χ0n) is 20.5. The molecular formula is C30H47NO. The van der Waals surface area contributed by atoms with E-state index < -0.39 is 0 Å². The van der Waals surface area contributed by atoms with E-state index in [1.54, 1.807) is 0 Å². The molecule has 2 aromatic carbocycles. The Kier molecular flexibility index (Phi) is 14.6. The lowest BCUT2D eigenvalue weighted by Crippen LogP contribution is -2.05. The monoisotopic (exact) mass is 437 g/mol. The van der Waals surface area contributed by atoms with Gasteiger partial charge in [-0.3, -0.25) is 0 Å². The first-order valence-corrected chi connectivity index (χ1v) is 13.4. The van der Waals surface area contributed by atoms with Crippen LogP contribution in [0.1, 0.15) is 109 Å². The van der Waals surface area contributed by atoms with Crippen molar-refractivity contribution < 1.29 is 5.11 Å². The summed E-state index contributed by atoms with van der Waals surface area (Å²) in [6.45, 7) is 2.24. The molecule has 0 aliphatic heterocycles. The predicted octanol–water partition coefficient (Wildman–Crippen LogP) is 9.21. The Morgan fingerprint density at radius 3 is 1.69 bits per heavy atom. The Morgan fingerprint density at radius 2 is 1.09 bits per heavy atom. The van der Waals surface area contributed by atoms with Gasteiger partial charge in [-0.25, -0.2) is 0 Å². The van der Waals surface area contributed by atoms with Crippen molar-refractivity contribution in [1.29, 1.82) is 0 Å². The van der Waals surface area contributed by atoms with Gasteiger partial charge in [0.05, 0.1) is 6.10 Å². The second kappa shape index (κ2) is 17.7. The molecule has 0 aromatic heterocycles. The third-order valence-corrected chi connectivity index (χ3v) is 6.41. The Balaban J connectivity index is 1.38. The van der Waals surface area contributed by atoms with E-state index in [4.69, 9.17) is 0 Å². The number of anilines is 2. The molecular weight excluding hydrogens is 390 g/mol. The fraction of sp³-hybridized carbons (Fsp3) is 0.600. The van der Waals surface area contributed by atoms with Crippen molar-refractivity contribution >= 4 is 11.4 Å². The first-order valence-electron chi connectivity index (χ1n) is 13.4. The van der Waals surface area contributed by atoms with Crippen LogP contribution in [0.15, 0.2) is 54.6 Å². The zero-order valence-corrected chi connectivity index (χ0v) is 20.5. The van der Waals surface area contributed by atoms with Gasteiger partial charge in [0.1, 0.15) is 0 Å². The lowest BCUT2D eigenvalue weighted by atomic mass is 10.0. The van der Waals surface area contributed by atoms with Gasteiger partial charge < -0.3 is 10.4 Å². The van der Waals surface area contributed by atoms with Gasteiger partial charge in [0.15, 0.2) is 0 Å². The molecule has 2 aromatic rings. The smallest absolute Gasteiger partial charge is 0.0540 e. The van der Waals surface area contributed by atoms with Gasteiger partial charge in [-0.2, -0.15) is 0 Å². The summed E-state index contributed by atoms with van der Waals surface area (Å²) in [6.07, 6.45) is 20.2. The average molecular weight is 438 g/mol. The van der Waals surface area contributed by atoms with E-state index in [-0.39, 0.29) is 6.10 Å². The summed E-state index contributed by atoms with van der Waals surface area (Å²) in [6, 6.07) is 19.2. The largest absolute Gasteiger partial charge is 0.393 e. The molecule has 0 fully saturated rings. The fourth-order valence-electron chi connectivity index (χ4n) is 4.34. The van der Waals surface area contributed by atoms with Crippen molar-refractivity contribution in [2.75, 3.05) is 5.32 Å². The minimum absolute atomic E-state index is 0.0526. The fourth-order valence-corrected chi connectivity index (χ4v) is 4.34. The number of benzene rings is 2. The lowest BCUT2D eigenvalue weighted by Gasteiger charge is -2.10. The zero-order chi connectivity index (χ0) is 22.7. The summed E-state index contributed by atoms with van der Waals surface area (Å²) < 4.78 is 0. The van der Waals surface area contributed by atoms with Crippen LogP contribution in [0.5, 0.6) is 0 Å². The lowest BCUT2D eigenvalue weighted by molar-refractivity contribution is 0.147. The first kappa shape index (κ1) is 26.5. The number of nitrogens with one attached hydrogen (secondary N) is 1. The van der Waals surface area contributed by atoms with Gasteiger partial charge in [0.2, 0.25) is 0 Å². The molecule has 0 heterocycles. The Labute approximate surface area is 197 Å². The molecule has 178 valence electrons. The highest BCUT2D eigenvalue weighted by Gasteiger charge is 2.03. The van der Waals surface area contributed by atoms with Gasteiger partial charge in [-0.05, 0) is 55.5 Å². The number of hydrogen-bond donors (Lipinski definition) is 2. The molecule has 0 saturated carbocycles. The molecule has 2 nitrogen and oxygen atoms in total. The van der Waals surface area contributed by atoms with Gasteiger partial charge >= 0.3 is 0 Å². The standard InChI is InChI=1S/C30H47NO/c1-2-3-4-16-21-30(32)22-17-11-9-7-5-6-8-10-13-18-27-23-25-29(26-24-27)31-28-19-14-12-15-20-28/h12,14-15,19-20,23-26,30-32H,2-11,13,16-18,21-22H2,1H3. The van der Waals surface area contributed by atoms with Crippen LogP contribution in [-0.4, -0.2) is 11.2 Å². The van der Waals surface area contributed by atoms with Crippen molar-refractivity contribution in [3.8, 4) is 0 Å². The van der Waals surface area contributed by atoms with Gasteiger partial charge in [-0.15, -0.1) is 0 Å². The molecule has 0 aliphatic carbocycles. The molecule has 1 unspecified atom stereocenters. The number of aryl methyl sites for hydroxylation is 1. The summed E-state index contributed by atoms with van der Waals surface area (Å²) in [7, 11) is 0. The van der Waals surface area contributed by atoms with E-state index in [2.05, 4.69) is 60.8 Å². The second-order valence-corrected chi connectivity index (χ2v) is 9.41. The van der Waals surface area contributed by atoms with Crippen molar-refractivity contribution in [1.82, 2.24) is 0 Å². The summed E-state index contributed by atoms with van der Waals surface area (Å²) in [5.41, 5.74) is 3.73. The highest BCUT2D eigenvalue weighted by atomic mass is 16.3. The van der Waals surface area contributed by atoms with Crippen LogP contribution in [0.25, 0.3) is 0 Å². The van der Waals surface area contributed by atoms with E-state index in [1.165, 1.54) is 95.5 Å². The second-order valence-electron chi connectivity index (χ2n) is 9.41. The van der Waals surface area contributed by atoms with E-state index in [0.29, 0.717) is 0 Å². The van der Waals surface area contributed by atoms with Crippen LogP contribution in [0.2, 0.25) is 0 Å². The quantitative estimate of drug-likeness (QED) is 0.215. The number of aliphatic hydroxyl groups is 1. The van der Waals surface area contributed by atoms with Crippen molar-refractivity contribution in [2.45, 2.75) is 116 Å². The molecule has 2 N–H and O–H groups in total. The summed E-state index contributed by atoms with van der Waals surface area (Å²) in [5.74, 6) is 0. The van der Waals surface area contributed by atoms with Gasteiger partial charge in [0, 0.05) is 11.4 Å². The minimum Gasteiger partial charge on any atom is -0.393 e. The Morgan fingerprint density at radius 1 is 0.594 bits per heavy atom. The van der Waals surface area contributed by atoms with Crippen molar-refractivity contribution in [2.24, 2.45) is 0 Å². The average Bonchev–Trinajstić information content (AvgIpc) is 2.82. The molecule has 2 heteroatoms. The predicted molar refractivity (Wildman–Crippen MR) is 141 cm³/mol. The maximum Gasteiger partial charge on any atom is 0.0540 e. The first-order chi connectivity index (χ1) is 15.8. The van der Waals surface area contributed by atoms with Crippen molar-refractivity contribution in [3.63, 3.8) is 0 Å². The Hall–Kier alpha value is -1.80. The number of rotatable bonds is 19. The SMILES string of the molecule is CCCCCCC(O)CCCCCCCCCCCc1ccc(Nc2ccccc2)cc1. The molecule has 0 bridgehead atoms. The van der Waals surface area contributed by atoms with Crippen LogP contribution in [0.4, 0.5) is 11.4 Å². The van der Waals surface area contributed by atoms with Crippen LogP contribution in [0, 0.1) is 0 Å². The number of hydrogen-bond acceptors (Lipinski definition) is 2. The number of unbranched alkanes of at least 4 members (excludes halogenated alkanes) is 11. The maximum absolute atomic E-state index is 10.0.